The molecule has 0 spiro atoms. The lowest BCUT2D eigenvalue weighted by molar-refractivity contribution is 0.866. The molecule has 2 aromatic rings. The molecule has 20 heavy (non-hydrogen) atoms. The fourth-order valence-electron chi connectivity index (χ4n) is 2.55. The highest BCUT2D eigenvalue weighted by molar-refractivity contribution is 5.52. The van der Waals surface area contributed by atoms with E-state index < -0.39 is 0 Å². The zero-order valence-electron chi connectivity index (χ0n) is 12.6. The Balaban J connectivity index is 2.28. The molecule has 0 unspecified atom stereocenters. The molecule has 2 aromatic carbocycles. The number of nitrogens with two attached hydrogens (primary N) is 2. The summed E-state index contributed by atoms with van der Waals surface area (Å²) in [6.45, 7) is 6.48. The fraction of sp³-hybridized carbons (Fsp3) is 0.333. The first-order valence-corrected chi connectivity index (χ1v) is 7.26. The predicted molar refractivity (Wildman–Crippen MR) is 88.0 cm³/mol. The largest absolute Gasteiger partial charge is 0.399 e. The summed E-state index contributed by atoms with van der Waals surface area (Å²) < 4.78 is 0. The van der Waals surface area contributed by atoms with E-state index in [-0.39, 0.29) is 0 Å². The van der Waals surface area contributed by atoms with Crippen LogP contribution in [0.3, 0.4) is 0 Å². The van der Waals surface area contributed by atoms with Gasteiger partial charge in [0.15, 0.2) is 0 Å². The molecule has 0 aliphatic carbocycles. The summed E-state index contributed by atoms with van der Waals surface area (Å²) in [6, 6.07) is 12.7. The maximum atomic E-state index is 6.03. The molecule has 106 valence electrons. The fourth-order valence-corrected chi connectivity index (χ4v) is 2.55. The van der Waals surface area contributed by atoms with Gasteiger partial charge in [0.1, 0.15) is 0 Å². The third-order valence-electron chi connectivity index (χ3n) is 3.77. The van der Waals surface area contributed by atoms with Crippen molar-refractivity contribution < 1.29 is 0 Å². The van der Waals surface area contributed by atoms with Crippen molar-refractivity contribution >= 4 is 11.4 Å². The predicted octanol–water partition coefficient (Wildman–Crippen LogP) is 4.13. The second-order valence-electron chi connectivity index (χ2n) is 5.68. The maximum absolute atomic E-state index is 6.03. The third-order valence-corrected chi connectivity index (χ3v) is 3.77. The molecule has 0 bridgehead atoms. The first-order chi connectivity index (χ1) is 9.51. The normalized spacial score (nSPS) is 11.0. The van der Waals surface area contributed by atoms with Crippen molar-refractivity contribution in [3.05, 3.63) is 58.7 Å². The minimum absolute atomic E-state index is 0.451. The van der Waals surface area contributed by atoms with Crippen LogP contribution in [0.25, 0.3) is 0 Å². The Bertz CT molecular complexity index is 600. The number of aryl methyl sites for hydroxylation is 1. The lowest BCUT2D eigenvalue weighted by Crippen LogP contribution is -2.00. The number of rotatable bonds is 4. The van der Waals surface area contributed by atoms with Crippen molar-refractivity contribution in [3.63, 3.8) is 0 Å². The smallest absolute Gasteiger partial charge is 0.0349 e. The summed E-state index contributed by atoms with van der Waals surface area (Å²) in [7, 11) is 0. The Morgan fingerprint density at radius 2 is 1.50 bits per heavy atom. The lowest BCUT2D eigenvalue weighted by Gasteiger charge is -2.12. The van der Waals surface area contributed by atoms with Gasteiger partial charge in [0.2, 0.25) is 0 Å². The number of anilines is 2. The highest BCUT2D eigenvalue weighted by Crippen LogP contribution is 2.25. The topological polar surface area (TPSA) is 52.0 Å². The quantitative estimate of drug-likeness (QED) is 0.819. The van der Waals surface area contributed by atoms with Crippen molar-refractivity contribution in [2.24, 2.45) is 0 Å². The van der Waals surface area contributed by atoms with E-state index in [9.17, 15) is 0 Å². The summed E-state index contributed by atoms with van der Waals surface area (Å²) in [5, 5.41) is 0. The Kier molecular flexibility index (Phi) is 4.33. The number of hydrogen-bond acceptors (Lipinski definition) is 2. The van der Waals surface area contributed by atoms with Gasteiger partial charge >= 0.3 is 0 Å². The van der Waals surface area contributed by atoms with Crippen molar-refractivity contribution in [3.8, 4) is 0 Å². The zero-order valence-corrected chi connectivity index (χ0v) is 12.6. The molecule has 2 rings (SSSR count). The first-order valence-electron chi connectivity index (χ1n) is 7.26. The monoisotopic (exact) mass is 268 g/mol. The van der Waals surface area contributed by atoms with E-state index in [2.05, 4.69) is 45.0 Å². The second kappa shape index (κ2) is 6.00. The molecule has 0 atom stereocenters. The molecule has 0 radical (unpaired) electrons. The van der Waals surface area contributed by atoms with Gasteiger partial charge in [-0.05, 0) is 53.1 Å². The molecule has 0 saturated heterocycles. The van der Waals surface area contributed by atoms with Gasteiger partial charge in [-0.15, -0.1) is 0 Å². The summed E-state index contributed by atoms with van der Waals surface area (Å²) >= 11 is 0. The average molecular weight is 268 g/mol. The molecule has 2 nitrogen and oxygen atoms in total. The highest BCUT2D eigenvalue weighted by Gasteiger charge is 2.07. The van der Waals surface area contributed by atoms with Crippen LogP contribution in [0.1, 0.15) is 48.9 Å². The zero-order chi connectivity index (χ0) is 14.7. The van der Waals surface area contributed by atoms with Crippen LogP contribution in [0.2, 0.25) is 0 Å². The Hall–Kier alpha value is -1.96. The average Bonchev–Trinajstić information content (AvgIpc) is 2.42. The summed E-state index contributed by atoms with van der Waals surface area (Å²) in [6.07, 6.45) is 1.89. The summed E-state index contributed by atoms with van der Waals surface area (Å²) in [4.78, 5) is 0. The molecule has 0 fully saturated rings. The van der Waals surface area contributed by atoms with Gasteiger partial charge in [0.25, 0.3) is 0 Å². The van der Waals surface area contributed by atoms with Crippen LogP contribution in [0.5, 0.6) is 0 Å². The Morgan fingerprint density at radius 1 is 0.900 bits per heavy atom. The molecule has 0 saturated carbocycles. The van der Waals surface area contributed by atoms with Gasteiger partial charge in [-0.2, -0.15) is 0 Å². The molecule has 4 N–H and O–H groups in total. The van der Waals surface area contributed by atoms with Gasteiger partial charge in [-0.1, -0.05) is 45.0 Å². The Labute approximate surface area is 121 Å². The number of benzene rings is 2. The maximum Gasteiger partial charge on any atom is 0.0349 e. The minimum atomic E-state index is 0.451. The van der Waals surface area contributed by atoms with Crippen LogP contribution in [0.4, 0.5) is 11.4 Å². The van der Waals surface area contributed by atoms with Crippen LogP contribution in [0.15, 0.2) is 36.4 Å². The summed E-state index contributed by atoms with van der Waals surface area (Å²) in [5.41, 5.74) is 18.8. The molecule has 0 heterocycles. The summed E-state index contributed by atoms with van der Waals surface area (Å²) in [5.74, 6) is 0.451. The number of nitrogen functional groups attached to an aromatic ring is 2. The SMILES string of the molecule is CCc1cc(Cc2ccc(N)c(C(C)C)c2)ccc1N. The van der Waals surface area contributed by atoms with Gasteiger partial charge in [0, 0.05) is 11.4 Å². The van der Waals surface area contributed by atoms with E-state index in [4.69, 9.17) is 11.5 Å². The van der Waals surface area contributed by atoms with E-state index in [1.165, 1.54) is 22.3 Å². The van der Waals surface area contributed by atoms with Crippen molar-refractivity contribution in [1.82, 2.24) is 0 Å². The molecule has 0 amide bonds. The van der Waals surface area contributed by atoms with E-state index in [1.807, 2.05) is 12.1 Å². The van der Waals surface area contributed by atoms with Crippen molar-refractivity contribution in [2.75, 3.05) is 11.5 Å². The van der Waals surface area contributed by atoms with Gasteiger partial charge in [-0.3, -0.25) is 0 Å². The molecular formula is C18H24N2. The van der Waals surface area contributed by atoms with Crippen LogP contribution in [-0.2, 0) is 12.8 Å². The van der Waals surface area contributed by atoms with Crippen molar-refractivity contribution in [1.29, 1.82) is 0 Å². The standard InChI is InChI=1S/C18H24N2/c1-4-15-10-13(5-7-17(15)19)9-14-6-8-18(20)16(11-14)12(2)3/h5-8,10-12H,4,9,19-20H2,1-3H3. The lowest BCUT2D eigenvalue weighted by atomic mass is 9.95. The van der Waals surface area contributed by atoms with E-state index >= 15 is 0 Å². The molecule has 0 aromatic heterocycles. The number of hydrogen-bond donors (Lipinski definition) is 2. The van der Waals surface area contributed by atoms with Gasteiger partial charge in [-0.25, -0.2) is 0 Å². The minimum Gasteiger partial charge on any atom is -0.399 e. The van der Waals surface area contributed by atoms with Gasteiger partial charge < -0.3 is 11.5 Å². The molecule has 0 aliphatic heterocycles. The van der Waals surface area contributed by atoms with Crippen LogP contribution in [-0.4, -0.2) is 0 Å². The third kappa shape index (κ3) is 3.13. The second-order valence-corrected chi connectivity index (χ2v) is 5.68. The van der Waals surface area contributed by atoms with Crippen LogP contribution in [0, 0.1) is 0 Å². The van der Waals surface area contributed by atoms with E-state index in [1.54, 1.807) is 0 Å². The molecule has 0 aliphatic rings. The van der Waals surface area contributed by atoms with Crippen LogP contribution < -0.4 is 11.5 Å². The van der Waals surface area contributed by atoms with E-state index in [0.717, 1.165) is 24.2 Å². The first kappa shape index (κ1) is 14.4. The van der Waals surface area contributed by atoms with Crippen molar-refractivity contribution in [2.45, 2.75) is 39.5 Å². The molecular weight excluding hydrogens is 244 g/mol. The van der Waals surface area contributed by atoms with Gasteiger partial charge in [0.05, 0.1) is 0 Å². The highest BCUT2D eigenvalue weighted by atomic mass is 14.6. The Morgan fingerprint density at radius 3 is 2.10 bits per heavy atom. The van der Waals surface area contributed by atoms with Crippen LogP contribution >= 0.6 is 0 Å². The molecule has 2 heteroatoms. The van der Waals surface area contributed by atoms with E-state index in [0.29, 0.717) is 5.92 Å².